The first-order valence-corrected chi connectivity index (χ1v) is 8.04. The summed E-state index contributed by atoms with van der Waals surface area (Å²) in [5, 5.41) is 9.93. The van der Waals surface area contributed by atoms with E-state index in [2.05, 4.69) is 0 Å². The molecule has 1 aliphatic heterocycles. The first-order chi connectivity index (χ1) is 11.6. The van der Waals surface area contributed by atoms with Crippen molar-refractivity contribution in [3.8, 4) is 5.75 Å². The SMILES string of the molecule is O=C(CCOc1ccccc1)N1C[C@@H](O)C[C@H]1c1cccc(F)c1. The molecule has 3 rings (SSSR count). The van der Waals surface area contributed by atoms with Gasteiger partial charge in [-0.25, -0.2) is 4.39 Å². The van der Waals surface area contributed by atoms with Gasteiger partial charge in [0, 0.05) is 6.54 Å². The molecule has 2 atom stereocenters. The minimum absolute atomic E-state index is 0.100. The van der Waals surface area contributed by atoms with E-state index in [1.54, 1.807) is 17.0 Å². The van der Waals surface area contributed by atoms with Gasteiger partial charge in [0.25, 0.3) is 0 Å². The summed E-state index contributed by atoms with van der Waals surface area (Å²) in [6, 6.07) is 15.2. The van der Waals surface area contributed by atoms with E-state index in [0.29, 0.717) is 17.7 Å². The molecule has 0 saturated carbocycles. The predicted octanol–water partition coefficient (Wildman–Crippen LogP) is 2.93. The van der Waals surface area contributed by atoms with Crippen LogP contribution in [0.3, 0.4) is 0 Å². The molecule has 2 aromatic carbocycles. The van der Waals surface area contributed by atoms with Crippen molar-refractivity contribution >= 4 is 5.91 Å². The van der Waals surface area contributed by atoms with Crippen LogP contribution in [0.15, 0.2) is 54.6 Å². The highest BCUT2D eigenvalue weighted by Crippen LogP contribution is 2.32. The zero-order chi connectivity index (χ0) is 16.9. The van der Waals surface area contributed by atoms with E-state index in [4.69, 9.17) is 4.74 Å². The summed E-state index contributed by atoms with van der Waals surface area (Å²) in [4.78, 5) is 14.1. The van der Waals surface area contributed by atoms with Crippen LogP contribution in [0, 0.1) is 5.82 Å². The summed E-state index contributed by atoms with van der Waals surface area (Å²) in [6.45, 7) is 0.538. The van der Waals surface area contributed by atoms with Crippen molar-refractivity contribution in [2.24, 2.45) is 0 Å². The molecule has 1 N–H and O–H groups in total. The second-order valence-corrected chi connectivity index (χ2v) is 5.92. The van der Waals surface area contributed by atoms with Gasteiger partial charge in [0.2, 0.25) is 5.91 Å². The number of nitrogens with zero attached hydrogens (tertiary/aromatic N) is 1. The maximum absolute atomic E-state index is 13.5. The number of ether oxygens (including phenoxy) is 1. The van der Waals surface area contributed by atoms with Gasteiger partial charge in [-0.1, -0.05) is 30.3 Å². The van der Waals surface area contributed by atoms with E-state index in [9.17, 15) is 14.3 Å². The Kier molecular flexibility index (Phi) is 5.11. The number of likely N-dealkylation sites (tertiary alicyclic amines) is 1. The second-order valence-electron chi connectivity index (χ2n) is 5.92. The highest BCUT2D eigenvalue weighted by molar-refractivity contribution is 5.77. The van der Waals surface area contributed by atoms with E-state index in [-0.39, 0.29) is 37.3 Å². The third kappa shape index (κ3) is 3.92. The molecule has 0 unspecified atom stereocenters. The number of β-amino-alcohol motifs (C(OH)–C–C–N with tert-alkyl or cyclic N) is 1. The van der Waals surface area contributed by atoms with E-state index in [0.717, 1.165) is 0 Å². The summed E-state index contributed by atoms with van der Waals surface area (Å²) in [5.41, 5.74) is 0.712. The number of carbonyl (C=O) groups excluding carboxylic acids is 1. The Morgan fingerprint density at radius 1 is 1.21 bits per heavy atom. The molecule has 126 valence electrons. The standard InChI is InChI=1S/C19H20FNO3/c20-15-6-4-5-14(11-15)18-12-16(22)13-21(18)19(23)9-10-24-17-7-2-1-3-8-17/h1-8,11,16,18,22H,9-10,12-13H2/t16-,18-/m0/s1. The molecule has 1 aliphatic rings. The number of para-hydroxylation sites is 1. The number of halogens is 1. The summed E-state index contributed by atoms with van der Waals surface area (Å²) >= 11 is 0. The molecule has 1 amide bonds. The lowest BCUT2D eigenvalue weighted by atomic mass is 10.0. The number of rotatable bonds is 5. The molecule has 0 aliphatic carbocycles. The maximum atomic E-state index is 13.5. The molecular weight excluding hydrogens is 309 g/mol. The van der Waals surface area contributed by atoms with Gasteiger partial charge in [-0.05, 0) is 36.2 Å². The number of aliphatic hydroxyl groups is 1. The number of hydrogen-bond donors (Lipinski definition) is 1. The van der Waals surface area contributed by atoms with E-state index in [1.807, 2.05) is 30.3 Å². The third-order valence-corrected chi connectivity index (χ3v) is 4.16. The zero-order valence-electron chi connectivity index (χ0n) is 13.3. The molecule has 1 heterocycles. The van der Waals surface area contributed by atoms with Gasteiger partial charge in [-0.3, -0.25) is 4.79 Å². The summed E-state index contributed by atoms with van der Waals surface area (Å²) in [6.07, 6.45) is 0.0552. The molecule has 1 fully saturated rings. The molecule has 2 aromatic rings. The molecule has 0 radical (unpaired) electrons. The smallest absolute Gasteiger partial charge is 0.226 e. The Balaban J connectivity index is 1.62. The van der Waals surface area contributed by atoms with Crippen LogP contribution in [0.5, 0.6) is 5.75 Å². The summed E-state index contributed by atoms with van der Waals surface area (Å²) < 4.78 is 19.0. The molecular formula is C19H20FNO3. The van der Waals surface area contributed by atoms with Crippen molar-refractivity contribution in [2.75, 3.05) is 13.2 Å². The molecule has 0 bridgehead atoms. The fourth-order valence-corrected chi connectivity index (χ4v) is 3.04. The minimum Gasteiger partial charge on any atom is -0.493 e. The third-order valence-electron chi connectivity index (χ3n) is 4.16. The number of carbonyl (C=O) groups is 1. The average molecular weight is 329 g/mol. The lowest BCUT2D eigenvalue weighted by Crippen LogP contribution is -2.32. The Bertz CT molecular complexity index is 692. The normalized spacial score (nSPS) is 20.2. The van der Waals surface area contributed by atoms with Crippen LogP contribution in [0.1, 0.15) is 24.4 Å². The topological polar surface area (TPSA) is 49.8 Å². The van der Waals surface area contributed by atoms with Gasteiger partial charge in [0.05, 0.1) is 25.2 Å². The van der Waals surface area contributed by atoms with Crippen LogP contribution >= 0.6 is 0 Å². The summed E-state index contributed by atoms with van der Waals surface area (Å²) in [5.74, 6) is 0.277. The quantitative estimate of drug-likeness (QED) is 0.917. The average Bonchev–Trinajstić information content (AvgIpc) is 2.98. The van der Waals surface area contributed by atoms with Crippen LogP contribution in [0.25, 0.3) is 0 Å². The molecule has 1 saturated heterocycles. The van der Waals surface area contributed by atoms with Crippen molar-refractivity contribution in [3.05, 3.63) is 66.0 Å². The first-order valence-electron chi connectivity index (χ1n) is 8.04. The van der Waals surface area contributed by atoms with Gasteiger partial charge in [-0.2, -0.15) is 0 Å². The Labute approximate surface area is 140 Å². The van der Waals surface area contributed by atoms with Crippen molar-refractivity contribution in [1.29, 1.82) is 0 Å². The summed E-state index contributed by atoms with van der Waals surface area (Å²) in [7, 11) is 0. The minimum atomic E-state index is -0.586. The highest BCUT2D eigenvalue weighted by Gasteiger charge is 2.35. The monoisotopic (exact) mass is 329 g/mol. The maximum Gasteiger partial charge on any atom is 0.226 e. The fraction of sp³-hybridized carbons (Fsp3) is 0.316. The zero-order valence-corrected chi connectivity index (χ0v) is 13.3. The molecule has 4 nitrogen and oxygen atoms in total. The molecule has 0 aromatic heterocycles. The van der Waals surface area contributed by atoms with Crippen molar-refractivity contribution in [2.45, 2.75) is 25.0 Å². The fourth-order valence-electron chi connectivity index (χ4n) is 3.04. The van der Waals surface area contributed by atoms with Gasteiger partial charge in [0.1, 0.15) is 11.6 Å². The Morgan fingerprint density at radius 3 is 2.75 bits per heavy atom. The van der Waals surface area contributed by atoms with E-state index >= 15 is 0 Å². The van der Waals surface area contributed by atoms with Crippen LogP contribution in [0.2, 0.25) is 0 Å². The van der Waals surface area contributed by atoms with E-state index in [1.165, 1.54) is 12.1 Å². The van der Waals surface area contributed by atoms with E-state index < -0.39 is 6.10 Å². The van der Waals surface area contributed by atoms with Crippen molar-refractivity contribution in [1.82, 2.24) is 4.90 Å². The van der Waals surface area contributed by atoms with Gasteiger partial charge in [-0.15, -0.1) is 0 Å². The first kappa shape index (κ1) is 16.5. The van der Waals surface area contributed by atoms with Crippen molar-refractivity contribution < 1.29 is 19.0 Å². The lowest BCUT2D eigenvalue weighted by molar-refractivity contribution is -0.133. The Morgan fingerprint density at radius 2 is 2.00 bits per heavy atom. The molecule has 5 heteroatoms. The molecule has 0 spiro atoms. The van der Waals surface area contributed by atoms with Crippen LogP contribution in [-0.4, -0.2) is 35.2 Å². The Hall–Kier alpha value is -2.40. The van der Waals surface area contributed by atoms with Gasteiger partial charge in [0.15, 0.2) is 0 Å². The van der Waals surface area contributed by atoms with Crippen LogP contribution in [-0.2, 0) is 4.79 Å². The van der Waals surface area contributed by atoms with Gasteiger partial charge >= 0.3 is 0 Å². The van der Waals surface area contributed by atoms with Gasteiger partial charge < -0.3 is 14.7 Å². The predicted molar refractivity (Wildman–Crippen MR) is 88.0 cm³/mol. The number of benzene rings is 2. The second kappa shape index (κ2) is 7.45. The number of amides is 1. The van der Waals surface area contributed by atoms with Crippen molar-refractivity contribution in [3.63, 3.8) is 0 Å². The van der Waals surface area contributed by atoms with Crippen LogP contribution in [0.4, 0.5) is 4.39 Å². The number of hydrogen-bond acceptors (Lipinski definition) is 3. The van der Waals surface area contributed by atoms with Crippen LogP contribution < -0.4 is 4.74 Å². The highest BCUT2D eigenvalue weighted by atomic mass is 19.1. The number of aliphatic hydroxyl groups excluding tert-OH is 1. The lowest BCUT2D eigenvalue weighted by Gasteiger charge is -2.25. The largest absolute Gasteiger partial charge is 0.493 e. The molecule has 24 heavy (non-hydrogen) atoms.